The van der Waals surface area contributed by atoms with Gasteiger partial charge in [-0.1, -0.05) is 94.1 Å². The smallest absolute Gasteiger partial charge is 0.726 e. The molecule has 0 radical (unpaired) electrons. The second kappa shape index (κ2) is 25.2. The Morgan fingerprint density at radius 3 is 0.951 bits per heavy atom. The molecule has 220 valence electrons. The summed E-state index contributed by atoms with van der Waals surface area (Å²) < 4.78 is 65.5. The maximum atomic E-state index is 8.74. The van der Waals surface area contributed by atoms with Crippen molar-refractivity contribution in [1.82, 2.24) is 0 Å². The predicted octanol–water partition coefficient (Wildman–Crippen LogP) is 2.99. The van der Waals surface area contributed by atoms with Crippen molar-refractivity contribution in [1.29, 1.82) is 0 Å². The fraction of sp³-hybridized carbons (Fsp3) is 0. The molecule has 0 aliphatic heterocycles. The first-order valence-corrected chi connectivity index (χ1v) is 15.3. The fourth-order valence-corrected chi connectivity index (χ4v) is 4.20. The summed E-state index contributed by atoms with van der Waals surface area (Å²) in [5.41, 5.74) is 0. The zero-order chi connectivity index (χ0) is 29.7. The zero-order valence-electron chi connectivity index (χ0n) is 21.3. The molecule has 0 saturated carbocycles. The van der Waals surface area contributed by atoms with E-state index >= 15 is 0 Å². The molecule has 4 rings (SSSR count). The number of halogens is 1. The molecule has 0 heterocycles. The molecule has 0 aliphatic rings. The third kappa shape index (κ3) is 31.4. The molecule has 0 atom stereocenters. The van der Waals surface area contributed by atoms with Crippen LogP contribution in [0.1, 0.15) is 0 Å². The second-order valence-corrected chi connectivity index (χ2v) is 11.4. The third-order valence-corrected chi connectivity index (χ3v) is 6.07. The van der Waals surface area contributed by atoms with Crippen molar-refractivity contribution in [3.63, 3.8) is 0 Å². The normalized spacial score (nSPS) is 9.54. The van der Waals surface area contributed by atoms with Gasteiger partial charge in [0.1, 0.15) is 0 Å². The van der Waals surface area contributed by atoms with E-state index in [4.69, 9.17) is 45.6 Å². The van der Waals surface area contributed by atoms with Gasteiger partial charge >= 0.3 is 40.0 Å². The topological polar surface area (TPSA) is 224 Å². The van der Waals surface area contributed by atoms with E-state index < -0.39 is 20.8 Å². The van der Waals surface area contributed by atoms with Gasteiger partial charge in [0.05, 0.1) is 0 Å². The van der Waals surface area contributed by atoms with Crippen LogP contribution in [0.25, 0.3) is 0 Å². The molecule has 0 saturated heterocycles. The second-order valence-electron chi connectivity index (χ2n) is 6.47. The van der Waals surface area contributed by atoms with Crippen molar-refractivity contribution in [3.05, 3.63) is 120 Å². The molecular weight excluding hydrogens is 695 g/mol. The molecule has 0 bridgehead atoms. The molecule has 0 fully saturated rings. The van der Waals surface area contributed by atoms with Crippen LogP contribution in [0.3, 0.4) is 0 Å². The Morgan fingerprint density at radius 2 is 0.732 bits per heavy atom. The van der Waals surface area contributed by atoms with Crippen LogP contribution in [-0.2, 0) is 20.8 Å². The SMILES string of the molecule is Brc1ccc(Sc2ccccc2)cc1.O.O=S(=O)(O)O.O=S(=O)([O-])O.OO.[Na+].c1ccc(Sc2ccccc2)cc1. The van der Waals surface area contributed by atoms with Gasteiger partial charge in [-0.3, -0.25) is 24.2 Å². The van der Waals surface area contributed by atoms with Crippen LogP contribution >= 0.6 is 39.5 Å². The Labute approximate surface area is 277 Å². The van der Waals surface area contributed by atoms with Gasteiger partial charge in [0.15, 0.2) is 0 Å². The van der Waals surface area contributed by atoms with Crippen LogP contribution in [-0.4, -0.2) is 51.0 Å². The first-order valence-electron chi connectivity index (χ1n) is 10.1. The average Bonchev–Trinajstić information content (AvgIpc) is 2.87. The summed E-state index contributed by atoms with van der Waals surface area (Å²) >= 11 is 6.98. The summed E-state index contributed by atoms with van der Waals surface area (Å²) in [6.07, 6.45) is 0. The largest absolute Gasteiger partial charge is 1.00 e. The van der Waals surface area contributed by atoms with E-state index in [0.29, 0.717) is 0 Å². The summed E-state index contributed by atoms with van der Waals surface area (Å²) in [4.78, 5) is 5.11. The Hall–Kier alpha value is -1.32. The molecule has 0 unspecified atom stereocenters. The average molecular weight is 722 g/mol. The van der Waals surface area contributed by atoms with E-state index in [0.717, 1.165) is 4.47 Å². The summed E-state index contributed by atoms with van der Waals surface area (Å²) in [5, 5.41) is 12.0. The van der Waals surface area contributed by atoms with Crippen LogP contribution in [0.4, 0.5) is 0 Å². The molecule has 0 amide bonds. The van der Waals surface area contributed by atoms with Gasteiger partial charge in [-0.2, -0.15) is 8.42 Å². The van der Waals surface area contributed by atoms with Crippen molar-refractivity contribution < 1.29 is 80.6 Å². The summed E-state index contributed by atoms with van der Waals surface area (Å²) in [6.45, 7) is 0. The van der Waals surface area contributed by atoms with Crippen molar-refractivity contribution in [3.8, 4) is 0 Å². The van der Waals surface area contributed by atoms with E-state index in [2.05, 4.69) is 113 Å². The molecule has 4 aromatic carbocycles. The van der Waals surface area contributed by atoms with Gasteiger partial charge < -0.3 is 10.0 Å². The van der Waals surface area contributed by atoms with Crippen molar-refractivity contribution in [2.45, 2.75) is 19.6 Å². The van der Waals surface area contributed by atoms with E-state index in [-0.39, 0.29) is 35.0 Å². The van der Waals surface area contributed by atoms with E-state index in [1.54, 1.807) is 23.5 Å². The quantitative estimate of drug-likeness (QED) is 0.0675. The fourth-order valence-electron chi connectivity index (χ4n) is 2.24. The van der Waals surface area contributed by atoms with Gasteiger partial charge in [0.25, 0.3) is 0 Å². The Balaban J connectivity index is -0.000000495. The van der Waals surface area contributed by atoms with Crippen LogP contribution < -0.4 is 29.6 Å². The minimum atomic E-state index is -4.92. The van der Waals surface area contributed by atoms with Gasteiger partial charge in [-0.15, -0.1) is 0 Å². The van der Waals surface area contributed by atoms with Crippen molar-refractivity contribution in [2.75, 3.05) is 0 Å². The Kier molecular flexibility index (Phi) is 27.1. The number of benzene rings is 4. The summed E-state index contributed by atoms with van der Waals surface area (Å²) in [7, 11) is -9.58. The minimum absolute atomic E-state index is 0. The molecule has 0 spiro atoms. The van der Waals surface area contributed by atoms with Crippen LogP contribution in [0, 0.1) is 0 Å². The van der Waals surface area contributed by atoms with E-state index in [1.165, 1.54) is 19.6 Å². The van der Waals surface area contributed by atoms with Crippen LogP contribution in [0.15, 0.2) is 139 Å². The molecule has 41 heavy (non-hydrogen) atoms. The number of hydrogen-bond acceptors (Lipinski definition) is 9. The summed E-state index contributed by atoms with van der Waals surface area (Å²) in [5.74, 6) is 0. The number of rotatable bonds is 4. The van der Waals surface area contributed by atoms with E-state index in [1.807, 2.05) is 18.2 Å². The van der Waals surface area contributed by atoms with Crippen molar-refractivity contribution >= 4 is 60.3 Å². The van der Waals surface area contributed by atoms with Gasteiger partial charge in [-0.25, -0.2) is 8.42 Å². The van der Waals surface area contributed by atoms with Gasteiger partial charge in [-0.05, 0) is 60.7 Å². The van der Waals surface area contributed by atoms with Crippen molar-refractivity contribution in [2.24, 2.45) is 0 Å². The van der Waals surface area contributed by atoms with Crippen LogP contribution in [0.2, 0.25) is 0 Å². The monoisotopic (exact) mass is 720 g/mol. The summed E-state index contributed by atoms with van der Waals surface area (Å²) in [6, 6.07) is 39.5. The van der Waals surface area contributed by atoms with E-state index in [9.17, 15) is 0 Å². The molecule has 0 aliphatic carbocycles. The predicted molar refractivity (Wildman–Crippen MR) is 157 cm³/mol. The first kappa shape index (κ1) is 44.1. The molecule has 7 N–H and O–H groups in total. The maximum Gasteiger partial charge on any atom is 1.00 e. The zero-order valence-corrected chi connectivity index (χ0v) is 28.1. The molecular formula is C24H26BrNaO11S4. The molecule has 17 heteroatoms. The molecule has 0 aromatic heterocycles. The molecule has 4 aromatic rings. The Bertz CT molecular complexity index is 1300. The standard InChI is InChI=1S/C12H9BrS.C12H10S.Na.2H2O4S.H2O2.H2O/c13-10-6-8-12(9-7-10)14-11-4-2-1-3-5-11;1-3-7-11(8-4-1)13-12-9-5-2-6-10-12;;2*1-5(2,3)4;1-2;/h1-9H;1-10H;;2*(H2,1,2,3,4);1-2H;1H2/q;;+1;;;;/p-1. The Morgan fingerprint density at radius 1 is 0.537 bits per heavy atom. The van der Waals surface area contributed by atoms with Gasteiger partial charge in [0.2, 0.25) is 10.4 Å². The van der Waals surface area contributed by atoms with Gasteiger partial charge in [0, 0.05) is 24.1 Å². The minimum Gasteiger partial charge on any atom is -0.726 e. The van der Waals surface area contributed by atoms with Crippen LogP contribution in [0.5, 0.6) is 0 Å². The maximum absolute atomic E-state index is 8.74. The molecule has 11 nitrogen and oxygen atoms in total. The first-order chi connectivity index (χ1) is 18.3. The number of hydrogen-bond donors (Lipinski definition) is 5. The third-order valence-electron chi connectivity index (χ3n) is 3.51.